The van der Waals surface area contributed by atoms with Gasteiger partial charge in [0.2, 0.25) is 5.91 Å². The maximum atomic E-state index is 12.8. The lowest BCUT2D eigenvalue weighted by Gasteiger charge is -2.27. The number of carbonyl (C=O) groups is 1. The number of rotatable bonds is 4. The molecule has 1 saturated heterocycles. The van der Waals surface area contributed by atoms with E-state index in [1.807, 2.05) is 42.2 Å². The van der Waals surface area contributed by atoms with E-state index in [2.05, 4.69) is 0 Å². The Morgan fingerprint density at radius 3 is 2.91 bits per heavy atom. The molecule has 4 nitrogen and oxygen atoms in total. The molecule has 1 fully saturated rings. The van der Waals surface area contributed by atoms with Crippen molar-refractivity contribution in [1.29, 1.82) is 0 Å². The highest BCUT2D eigenvalue weighted by molar-refractivity contribution is 5.85. The second-order valence-corrected chi connectivity index (χ2v) is 6.32. The first-order valence-corrected chi connectivity index (χ1v) is 8.03. The fraction of sp³-hybridized carbons (Fsp3) is 0.500. The summed E-state index contributed by atoms with van der Waals surface area (Å²) in [5.41, 5.74) is 0.819. The molecule has 1 aliphatic heterocycles. The van der Waals surface area contributed by atoms with Gasteiger partial charge >= 0.3 is 0 Å². The van der Waals surface area contributed by atoms with E-state index in [0.717, 1.165) is 30.4 Å². The van der Waals surface area contributed by atoms with Gasteiger partial charge in [-0.15, -0.1) is 0 Å². The van der Waals surface area contributed by atoms with Crippen molar-refractivity contribution in [2.45, 2.75) is 51.2 Å². The molecule has 2 aromatic rings. The van der Waals surface area contributed by atoms with Crippen LogP contribution in [0.1, 0.15) is 44.8 Å². The van der Waals surface area contributed by atoms with Gasteiger partial charge in [0.15, 0.2) is 0 Å². The number of furan rings is 1. The average Bonchev–Trinajstić information content (AvgIpc) is 3.11. The van der Waals surface area contributed by atoms with E-state index in [-0.39, 0.29) is 24.0 Å². The van der Waals surface area contributed by atoms with Crippen LogP contribution in [0.2, 0.25) is 0 Å². The Bertz CT molecular complexity index is 628. The molecule has 0 saturated carbocycles. The number of fused-ring (bicyclic) bond motifs is 1. The topological polar surface area (TPSA) is 53.7 Å². The Morgan fingerprint density at radius 1 is 1.41 bits per heavy atom. The number of carbonyl (C=O) groups excluding carboxylic acids is 1. The van der Waals surface area contributed by atoms with Crippen LogP contribution in [0, 0.1) is 0 Å². The first-order valence-electron chi connectivity index (χ1n) is 8.03. The van der Waals surface area contributed by atoms with E-state index in [1.165, 1.54) is 0 Å². The zero-order chi connectivity index (χ0) is 15.7. The van der Waals surface area contributed by atoms with Crippen molar-refractivity contribution >= 4 is 16.9 Å². The second kappa shape index (κ2) is 6.13. The summed E-state index contributed by atoms with van der Waals surface area (Å²) >= 11 is 0. The van der Waals surface area contributed by atoms with Crippen molar-refractivity contribution in [3.05, 3.63) is 36.1 Å². The third-order valence-electron chi connectivity index (χ3n) is 4.52. The van der Waals surface area contributed by atoms with Crippen molar-refractivity contribution in [3.8, 4) is 0 Å². The van der Waals surface area contributed by atoms with Gasteiger partial charge in [0, 0.05) is 18.0 Å². The Hall–Kier alpha value is -1.81. The van der Waals surface area contributed by atoms with E-state index in [4.69, 9.17) is 4.42 Å². The average molecular weight is 301 g/mol. The number of likely N-dealkylation sites (tertiary alicyclic amines) is 1. The molecule has 3 rings (SSSR count). The largest absolute Gasteiger partial charge is 0.460 e. The predicted octanol–water partition coefficient (Wildman–Crippen LogP) is 3.30. The van der Waals surface area contributed by atoms with Gasteiger partial charge in [-0.25, -0.2) is 0 Å². The molecule has 1 aromatic carbocycles. The number of aliphatic hydroxyl groups is 1. The molecular formula is C18H23NO3. The molecular weight excluding hydrogens is 278 g/mol. The zero-order valence-electron chi connectivity index (χ0n) is 13.2. The van der Waals surface area contributed by atoms with E-state index in [0.29, 0.717) is 12.2 Å². The van der Waals surface area contributed by atoms with Gasteiger partial charge in [0.1, 0.15) is 11.3 Å². The monoisotopic (exact) mass is 301 g/mol. The lowest BCUT2D eigenvalue weighted by atomic mass is 10.0. The molecule has 1 aromatic heterocycles. The highest BCUT2D eigenvalue weighted by atomic mass is 16.3. The minimum Gasteiger partial charge on any atom is -0.460 e. The summed E-state index contributed by atoms with van der Waals surface area (Å²) in [6.07, 6.45) is 2.26. The van der Waals surface area contributed by atoms with Crippen LogP contribution in [0.25, 0.3) is 11.0 Å². The summed E-state index contributed by atoms with van der Waals surface area (Å²) in [4.78, 5) is 14.7. The molecule has 118 valence electrons. The maximum absolute atomic E-state index is 12.8. The SMILES string of the molecule is CC(O)CC1CCCN1C(=O)C(C)c1cc2ccccc2o1. The van der Waals surface area contributed by atoms with Crippen LogP contribution in [0.4, 0.5) is 0 Å². The van der Waals surface area contributed by atoms with Gasteiger partial charge in [0.05, 0.1) is 12.0 Å². The van der Waals surface area contributed by atoms with Gasteiger partial charge in [-0.2, -0.15) is 0 Å². The number of hydrogen-bond acceptors (Lipinski definition) is 3. The summed E-state index contributed by atoms with van der Waals surface area (Å²) in [5, 5.41) is 10.6. The summed E-state index contributed by atoms with van der Waals surface area (Å²) in [6.45, 7) is 4.46. The molecule has 1 amide bonds. The molecule has 3 atom stereocenters. The van der Waals surface area contributed by atoms with Crippen LogP contribution in [-0.4, -0.2) is 34.6 Å². The van der Waals surface area contributed by atoms with Crippen molar-refractivity contribution in [1.82, 2.24) is 4.90 Å². The Labute approximate surface area is 130 Å². The van der Waals surface area contributed by atoms with Crippen molar-refractivity contribution < 1.29 is 14.3 Å². The molecule has 3 unspecified atom stereocenters. The molecule has 1 N–H and O–H groups in total. The summed E-state index contributed by atoms with van der Waals surface area (Å²) in [6, 6.07) is 9.92. The van der Waals surface area contributed by atoms with E-state index in [1.54, 1.807) is 6.92 Å². The third-order valence-corrected chi connectivity index (χ3v) is 4.52. The fourth-order valence-corrected chi connectivity index (χ4v) is 3.35. The quantitative estimate of drug-likeness (QED) is 0.942. The van der Waals surface area contributed by atoms with Crippen molar-refractivity contribution in [2.24, 2.45) is 0 Å². The summed E-state index contributed by atoms with van der Waals surface area (Å²) in [7, 11) is 0. The van der Waals surface area contributed by atoms with Crippen molar-refractivity contribution in [3.63, 3.8) is 0 Å². The Balaban J connectivity index is 1.78. The van der Waals surface area contributed by atoms with Gasteiger partial charge in [0.25, 0.3) is 0 Å². The normalized spacial score (nSPS) is 21.2. The summed E-state index contributed by atoms with van der Waals surface area (Å²) < 4.78 is 5.83. The molecule has 0 spiro atoms. The first-order chi connectivity index (χ1) is 10.6. The number of para-hydroxylation sites is 1. The third kappa shape index (κ3) is 2.88. The standard InChI is InChI=1S/C18H23NO3/c1-12(20)10-15-7-5-9-19(15)18(21)13(2)17-11-14-6-3-4-8-16(14)22-17/h3-4,6,8,11-13,15,20H,5,7,9-10H2,1-2H3. The van der Waals surface area contributed by atoms with Crippen LogP contribution in [0.15, 0.2) is 34.7 Å². The predicted molar refractivity (Wildman–Crippen MR) is 85.7 cm³/mol. The van der Waals surface area contributed by atoms with Crippen LogP contribution < -0.4 is 0 Å². The second-order valence-electron chi connectivity index (χ2n) is 6.32. The summed E-state index contributed by atoms with van der Waals surface area (Å²) in [5.74, 6) is 0.526. The number of benzene rings is 1. The smallest absolute Gasteiger partial charge is 0.233 e. The Kier molecular flexibility index (Phi) is 4.21. The van der Waals surface area contributed by atoms with E-state index in [9.17, 15) is 9.90 Å². The number of amides is 1. The minimum atomic E-state index is -0.375. The molecule has 0 radical (unpaired) electrons. The van der Waals surface area contributed by atoms with Crippen LogP contribution >= 0.6 is 0 Å². The van der Waals surface area contributed by atoms with Crippen LogP contribution in [0.3, 0.4) is 0 Å². The number of hydrogen-bond donors (Lipinski definition) is 1. The van der Waals surface area contributed by atoms with Crippen LogP contribution in [-0.2, 0) is 4.79 Å². The first kappa shape index (κ1) is 15.1. The van der Waals surface area contributed by atoms with Crippen LogP contribution in [0.5, 0.6) is 0 Å². The van der Waals surface area contributed by atoms with Crippen molar-refractivity contribution in [2.75, 3.05) is 6.54 Å². The molecule has 0 bridgehead atoms. The Morgan fingerprint density at radius 2 is 2.18 bits per heavy atom. The molecule has 2 heterocycles. The maximum Gasteiger partial charge on any atom is 0.233 e. The van der Waals surface area contributed by atoms with Gasteiger partial charge < -0.3 is 14.4 Å². The number of nitrogens with zero attached hydrogens (tertiary/aromatic N) is 1. The van der Waals surface area contributed by atoms with E-state index >= 15 is 0 Å². The van der Waals surface area contributed by atoms with Gasteiger partial charge in [-0.05, 0) is 45.2 Å². The fourth-order valence-electron chi connectivity index (χ4n) is 3.35. The highest BCUT2D eigenvalue weighted by Crippen LogP contribution is 2.30. The molecule has 0 aliphatic carbocycles. The zero-order valence-corrected chi connectivity index (χ0v) is 13.2. The number of aliphatic hydroxyl groups excluding tert-OH is 1. The van der Waals surface area contributed by atoms with Gasteiger partial charge in [-0.3, -0.25) is 4.79 Å². The molecule has 4 heteroatoms. The van der Waals surface area contributed by atoms with E-state index < -0.39 is 0 Å². The molecule has 1 aliphatic rings. The highest BCUT2D eigenvalue weighted by Gasteiger charge is 2.33. The lowest BCUT2D eigenvalue weighted by molar-refractivity contribution is -0.134. The lowest BCUT2D eigenvalue weighted by Crippen LogP contribution is -2.39. The van der Waals surface area contributed by atoms with Gasteiger partial charge in [-0.1, -0.05) is 18.2 Å². The minimum absolute atomic E-state index is 0.0993. The molecule has 22 heavy (non-hydrogen) atoms.